The molecule has 3 N–H and O–H groups in total. The van der Waals surface area contributed by atoms with Gasteiger partial charge in [-0.15, -0.1) is 0 Å². The number of aromatic nitrogens is 2. The summed E-state index contributed by atoms with van der Waals surface area (Å²) in [4.78, 5) is 33.7. The Morgan fingerprint density at radius 1 is 1.08 bits per heavy atom. The van der Waals surface area contributed by atoms with Crippen LogP contribution >= 0.6 is 0 Å². The van der Waals surface area contributed by atoms with Crippen LogP contribution in [-0.2, 0) is 6.54 Å². The molecule has 0 aliphatic carbocycles. The zero-order chi connectivity index (χ0) is 26.6. The zero-order valence-corrected chi connectivity index (χ0v) is 21.6. The van der Waals surface area contributed by atoms with Crippen LogP contribution in [0.4, 0.5) is 22.0 Å². The summed E-state index contributed by atoms with van der Waals surface area (Å²) in [6.07, 6.45) is 4.00. The Bertz CT molecular complexity index is 1450. The Labute approximate surface area is 221 Å². The summed E-state index contributed by atoms with van der Waals surface area (Å²) in [5.74, 6) is 0.241. The average Bonchev–Trinajstić information content (AvgIpc) is 3.54. The van der Waals surface area contributed by atoms with Crippen molar-refractivity contribution in [2.45, 2.75) is 26.0 Å². The molecule has 0 spiro atoms. The number of rotatable bonds is 7. The SMILES string of the molecule is CCN(c1ccnc(NC(=O)c2ccc(CN3CCC(O)C3)cc2)c1)c1ccc2c(ccn2C(=O)NC)c1. The van der Waals surface area contributed by atoms with E-state index in [1.807, 2.05) is 60.7 Å². The molecule has 1 fully saturated rings. The molecular formula is C29H32N6O3. The molecule has 2 aromatic heterocycles. The van der Waals surface area contributed by atoms with E-state index in [0.29, 0.717) is 24.5 Å². The number of hydrogen-bond acceptors (Lipinski definition) is 6. The van der Waals surface area contributed by atoms with Gasteiger partial charge < -0.3 is 20.6 Å². The molecule has 4 aromatic rings. The van der Waals surface area contributed by atoms with Crippen LogP contribution in [0.1, 0.15) is 29.3 Å². The summed E-state index contributed by atoms with van der Waals surface area (Å²) in [6, 6.07) is 19.0. The van der Waals surface area contributed by atoms with Crippen LogP contribution in [0, 0.1) is 0 Å². The van der Waals surface area contributed by atoms with Crippen LogP contribution in [0.5, 0.6) is 0 Å². The third-order valence-corrected chi connectivity index (χ3v) is 6.90. The van der Waals surface area contributed by atoms with Crippen molar-refractivity contribution in [3.8, 4) is 0 Å². The number of pyridine rings is 1. The van der Waals surface area contributed by atoms with E-state index < -0.39 is 0 Å². The Hall–Kier alpha value is -4.21. The molecule has 2 aromatic carbocycles. The van der Waals surface area contributed by atoms with Crippen LogP contribution < -0.4 is 15.5 Å². The smallest absolute Gasteiger partial charge is 0.325 e. The van der Waals surface area contributed by atoms with Gasteiger partial charge in [0.05, 0.1) is 11.6 Å². The number of amides is 2. The highest BCUT2D eigenvalue weighted by Crippen LogP contribution is 2.30. The third-order valence-electron chi connectivity index (χ3n) is 6.90. The quantitative estimate of drug-likeness (QED) is 0.343. The van der Waals surface area contributed by atoms with Gasteiger partial charge in [0.15, 0.2) is 0 Å². The lowest BCUT2D eigenvalue weighted by Gasteiger charge is -2.24. The molecule has 1 unspecified atom stereocenters. The number of aliphatic hydroxyl groups excluding tert-OH is 1. The average molecular weight is 513 g/mol. The van der Waals surface area contributed by atoms with Gasteiger partial charge in [0.1, 0.15) is 5.82 Å². The van der Waals surface area contributed by atoms with Crippen LogP contribution in [0.2, 0.25) is 0 Å². The Balaban J connectivity index is 1.29. The highest BCUT2D eigenvalue weighted by molar-refractivity contribution is 6.04. The van der Waals surface area contributed by atoms with E-state index in [-0.39, 0.29) is 18.0 Å². The number of hydrogen-bond donors (Lipinski definition) is 3. The fourth-order valence-electron chi connectivity index (χ4n) is 4.93. The van der Waals surface area contributed by atoms with Gasteiger partial charge in [-0.2, -0.15) is 0 Å². The maximum atomic E-state index is 12.9. The molecule has 9 nitrogen and oxygen atoms in total. The second-order valence-corrected chi connectivity index (χ2v) is 9.46. The highest BCUT2D eigenvalue weighted by Gasteiger charge is 2.20. The maximum absolute atomic E-state index is 12.9. The first-order chi connectivity index (χ1) is 18.4. The molecule has 0 radical (unpaired) electrons. The van der Waals surface area contributed by atoms with Crippen molar-refractivity contribution in [3.05, 3.63) is 84.2 Å². The van der Waals surface area contributed by atoms with Crippen molar-refractivity contribution >= 4 is 40.0 Å². The summed E-state index contributed by atoms with van der Waals surface area (Å²) < 4.78 is 1.58. The number of aliphatic hydroxyl groups is 1. The monoisotopic (exact) mass is 512 g/mol. The first-order valence-electron chi connectivity index (χ1n) is 12.8. The normalized spacial score (nSPS) is 15.5. The predicted octanol–water partition coefficient (Wildman–Crippen LogP) is 4.20. The Kier molecular flexibility index (Phi) is 7.39. The van der Waals surface area contributed by atoms with Crippen molar-refractivity contribution in [3.63, 3.8) is 0 Å². The highest BCUT2D eigenvalue weighted by atomic mass is 16.3. The number of β-amino-alcohol motifs (C(OH)–C–C–N with tert-alkyl or cyclic N) is 1. The molecule has 0 saturated carbocycles. The fraction of sp³-hybridized carbons (Fsp3) is 0.276. The van der Waals surface area contributed by atoms with Crippen molar-refractivity contribution < 1.29 is 14.7 Å². The summed E-state index contributed by atoms with van der Waals surface area (Å²) >= 11 is 0. The van der Waals surface area contributed by atoms with Gasteiger partial charge in [0.2, 0.25) is 0 Å². The molecule has 1 aliphatic heterocycles. The maximum Gasteiger partial charge on any atom is 0.325 e. The molecule has 0 bridgehead atoms. The second-order valence-electron chi connectivity index (χ2n) is 9.46. The standard InChI is InChI=1S/C29H32N6O3/c1-3-34(23-8-9-26-22(16-23)11-15-35(26)29(38)30-2)24-10-13-31-27(17-24)32-28(37)21-6-4-20(5-7-21)18-33-14-12-25(36)19-33/h4-11,13,15-17,25,36H,3,12,14,18-19H2,1-2H3,(H,30,38)(H,31,32,37). The number of likely N-dealkylation sites (tertiary alicyclic amines) is 1. The van der Waals surface area contributed by atoms with Gasteiger partial charge >= 0.3 is 6.03 Å². The van der Waals surface area contributed by atoms with E-state index >= 15 is 0 Å². The van der Waals surface area contributed by atoms with E-state index in [0.717, 1.165) is 47.4 Å². The lowest BCUT2D eigenvalue weighted by atomic mass is 10.1. The van der Waals surface area contributed by atoms with Gasteiger partial charge in [-0.25, -0.2) is 9.78 Å². The minimum atomic E-state index is -0.245. The number of anilines is 3. The van der Waals surface area contributed by atoms with Crippen LogP contribution in [0.15, 0.2) is 73.1 Å². The molecule has 5 rings (SSSR count). The summed E-state index contributed by atoms with van der Waals surface area (Å²) in [5, 5.41) is 16.2. The van der Waals surface area contributed by atoms with E-state index in [9.17, 15) is 14.7 Å². The predicted molar refractivity (Wildman–Crippen MR) is 149 cm³/mol. The number of fused-ring (bicyclic) bond motifs is 1. The van der Waals surface area contributed by atoms with Crippen LogP contribution in [-0.4, -0.2) is 64.3 Å². The van der Waals surface area contributed by atoms with E-state index in [2.05, 4.69) is 32.3 Å². The fourth-order valence-corrected chi connectivity index (χ4v) is 4.93. The largest absolute Gasteiger partial charge is 0.392 e. The number of nitrogens with one attached hydrogen (secondary N) is 2. The summed E-state index contributed by atoms with van der Waals surface area (Å²) in [5.41, 5.74) is 4.36. The molecule has 2 amide bonds. The molecule has 9 heteroatoms. The topological polar surface area (TPSA) is 103 Å². The molecule has 196 valence electrons. The van der Waals surface area contributed by atoms with Gasteiger partial charge in [-0.05, 0) is 61.4 Å². The van der Waals surface area contributed by atoms with Crippen molar-refractivity contribution in [2.24, 2.45) is 0 Å². The number of benzene rings is 2. The van der Waals surface area contributed by atoms with Crippen LogP contribution in [0.3, 0.4) is 0 Å². The van der Waals surface area contributed by atoms with Crippen molar-refractivity contribution in [1.82, 2.24) is 19.8 Å². The van der Waals surface area contributed by atoms with E-state index in [1.54, 1.807) is 24.0 Å². The van der Waals surface area contributed by atoms with Crippen molar-refractivity contribution in [1.29, 1.82) is 0 Å². The number of carbonyl (C=O) groups is 2. The number of nitrogens with zero attached hydrogens (tertiary/aromatic N) is 4. The molecular weight excluding hydrogens is 480 g/mol. The zero-order valence-electron chi connectivity index (χ0n) is 21.6. The van der Waals surface area contributed by atoms with E-state index in [4.69, 9.17) is 0 Å². The molecule has 1 saturated heterocycles. The number of carbonyl (C=O) groups excluding carboxylic acids is 2. The van der Waals surface area contributed by atoms with Gasteiger partial charge in [-0.3, -0.25) is 14.3 Å². The van der Waals surface area contributed by atoms with Gasteiger partial charge in [0.25, 0.3) is 5.91 Å². The third kappa shape index (κ3) is 5.39. The Morgan fingerprint density at radius 2 is 1.87 bits per heavy atom. The van der Waals surface area contributed by atoms with Gasteiger partial charge in [-0.1, -0.05) is 12.1 Å². The lowest BCUT2D eigenvalue weighted by molar-refractivity contribution is 0.102. The van der Waals surface area contributed by atoms with Crippen molar-refractivity contribution in [2.75, 3.05) is 36.9 Å². The van der Waals surface area contributed by atoms with Crippen LogP contribution in [0.25, 0.3) is 10.9 Å². The molecule has 38 heavy (non-hydrogen) atoms. The van der Waals surface area contributed by atoms with E-state index in [1.165, 1.54) is 0 Å². The first kappa shape index (κ1) is 25.4. The first-order valence-corrected chi connectivity index (χ1v) is 12.8. The minimum absolute atomic E-state index is 0.185. The minimum Gasteiger partial charge on any atom is -0.392 e. The summed E-state index contributed by atoms with van der Waals surface area (Å²) in [6.45, 7) is 5.10. The molecule has 3 heterocycles. The lowest BCUT2D eigenvalue weighted by Crippen LogP contribution is -2.23. The molecule has 1 aliphatic rings. The summed E-state index contributed by atoms with van der Waals surface area (Å²) in [7, 11) is 1.61. The Morgan fingerprint density at radius 3 is 2.58 bits per heavy atom. The molecule has 1 atom stereocenters. The van der Waals surface area contributed by atoms with Gasteiger partial charge in [0, 0.05) is 74.0 Å². The second kappa shape index (κ2) is 11.0.